The second kappa shape index (κ2) is 6.35. The standard InChI is InChI=1S/C15H23N3S/c1-5-12-9-13(18(4)17-12)10-14(16-6-2)15-11(3)7-8-19-15/h7-9,14,16H,5-6,10H2,1-4H3. The molecule has 1 N–H and O–H groups in total. The third-order valence-corrected chi connectivity index (χ3v) is 4.60. The molecule has 0 saturated carbocycles. The lowest BCUT2D eigenvalue weighted by atomic mass is 10.1. The van der Waals surface area contributed by atoms with E-state index in [0.29, 0.717) is 6.04 Å². The van der Waals surface area contributed by atoms with Gasteiger partial charge in [-0.3, -0.25) is 4.68 Å². The lowest BCUT2D eigenvalue weighted by Crippen LogP contribution is -2.23. The molecule has 3 nitrogen and oxygen atoms in total. The van der Waals surface area contributed by atoms with Gasteiger partial charge in [0.2, 0.25) is 0 Å². The van der Waals surface area contributed by atoms with Gasteiger partial charge in [-0.25, -0.2) is 0 Å². The Morgan fingerprint density at radius 1 is 1.42 bits per heavy atom. The number of likely N-dealkylation sites (N-methyl/N-ethyl adjacent to an activating group) is 1. The largest absolute Gasteiger partial charge is 0.309 e. The first-order valence-electron chi connectivity index (χ1n) is 6.94. The summed E-state index contributed by atoms with van der Waals surface area (Å²) in [6, 6.07) is 4.82. The van der Waals surface area contributed by atoms with E-state index in [2.05, 4.69) is 48.7 Å². The number of hydrogen-bond acceptors (Lipinski definition) is 3. The van der Waals surface area contributed by atoms with Crippen LogP contribution in [0.1, 0.15) is 41.7 Å². The first-order chi connectivity index (χ1) is 9.15. The first-order valence-corrected chi connectivity index (χ1v) is 7.82. The summed E-state index contributed by atoms with van der Waals surface area (Å²) in [4.78, 5) is 1.45. The number of hydrogen-bond donors (Lipinski definition) is 1. The van der Waals surface area contributed by atoms with Crippen molar-refractivity contribution in [2.75, 3.05) is 6.54 Å². The normalized spacial score (nSPS) is 12.8. The summed E-state index contributed by atoms with van der Waals surface area (Å²) in [5.41, 5.74) is 3.86. The molecule has 0 radical (unpaired) electrons. The van der Waals surface area contributed by atoms with Gasteiger partial charge in [-0.2, -0.15) is 5.10 Å². The number of thiophene rings is 1. The molecule has 19 heavy (non-hydrogen) atoms. The van der Waals surface area contributed by atoms with Gasteiger partial charge < -0.3 is 5.32 Å². The molecule has 0 aliphatic heterocycles. The average Bonchev–Trinajstić information content (AvgIpc) is 2.96. The Morgan fingerprint density at radius 3 is 2.74 bits per heavy atom. The molecule has 0 spiro atoms. The molecule has 0 aliphatic carbocycles. The topological polar surface area (TPSA) is 29.9 Å². The third kappa shape index (κ3) is 3.25. The summed E-state index contributed by atoms with van der Waals surface area (Å²) >= 11 is 1.84. The Hall–Kier alpha value is -1.13. The highest BCUT2D eigenvalue weighted by atomic mass is 32.1. The van der Waals surface area contributed by atoms with Crippen LogP contribution in [0.15, 0.2) is 17.5 Å². The molecular formula is C15H23N3S. The Bertz CT molecular complexity index is 527. The summed E-state index contributed by atoms with van der Waals surface area (Å²) in [7, 11) is 2.04. The maximum atomic E-state index is 4.54. The molecular weight excluding hydrogens is 254 g/mol. The fourth-order valence-corrected chi connectivity index (χ4v) is 3.39. The van der Waals surface area contributed by atoms with Gasteiger partial charge in [-0.05, 0) is 43.0 Å². The Labute approximate surface area is 119 Å². The molecule has 2 heterocycles. The molecule has 1 unspecified atom stereocenters. The third-order valence-electron chi connectivity index (χ3n) is 3.47. The highest BCUT2D eigenvalue weighted by molar-refractivity contribution is 7.10. The SMILES string of the molecule is CCNC(Cc1cc(CC)nn1C)c1sccc1C. The Morgan fingerprint density at radius 2 is 2.21 bits per heavy atom. The van der Waals surface area contributed by atoms with Gasteiger partial charge in [-0.1, -0.05) is 13.8 Å². The molecule has 1 atom stereocenters. The van der Waals surface area contributed by atoms with E-state index in [1.807, 2.05) is 23.1 Å². The smallest absolute Gasteiger partial charge is 0.0624 e. The van der Waals surface area contributed by atoms with Crippen LogP contribution in [0.2, 0.25) is 0 Å². The van der Waals surface area contributed by atoms with Crippen molar-refractivity contribution >= 4 is 11.3 Å². The van der Waals surface area contributed by atoms with Gasteiger partial charge in [-0.15, -0.1) is 11.3 Å². The maximum Gasteiger partial charge on any atom is 0.0624 e. The Kier molecular flexibility index (Phi) is 4.77. The van der Waals surface area contributed by atoms with Crippen LogP contribution in [0.4, 0.5) is 0 Å². The van der Waals surface area contributed by atoms with Crippen molar-refractivity contribution in [1.82, 2.24) is 15.1 Å². The van der Waals surface area contributed by atoms with Crippen LogP contribution in [0.25, 0.3) is 0 Å². The van der Waals surface area contributed by atoms with Crippen LogP contribution < -0.4 is 5.32 Å². The van der Waals surface area contributed by atoms with Crippen LogP contribution >= 0.6 is 11.3 Å². The van der Waals surface area contributed by atoms with Crippen LogP contribution in [0, 0.1) is 6.92 Å². The zero-order valence-corrected chi connectivity index (χ0v) is 13.0. The molecule has 0 aromatic carbocycles. The summed E-state index contributed by atoms with van der Waals surface area (Å²) in [5.74, 6) is 0. The molecule has 0 aliphatic rings. The predicted octanol–water partition coefficient (Wildman–Crippen LogP) is 3.25. The van der Waals surface area contributed by atoms with E-state index in [-0.39, 0.29) is 0 Å². The highest BCUT2D eigenvalue weighted by Crippen LogP contribution is 2.27. The van der Waals surface area contributed by atoms with Gasteiger partial charge in [0.25, 0.3) is 0 Å². The van der Waals surface area contributed by atoms with E-state index in [1.165, 1.54) is 21.8 Å². The lowest BCUT2D eigenvalue weighted by molar-refractivity contribution is 0.534. The number of nitrogens with one attached hydrogen (secondary N) is 1. The fraction of sp³-hybridized carbons (Fsp3) is 0.533. The van der Waals surface area contributed by atoms with Crippen molar-refractivity contribution in [2.24, 2.45) is 7.05 Å². The van der Waals surface area contributed by atoms with E-state index in [0.717, 1.165) is 19.4 Å². The molecule has 0 fully saturated rings. The quantitative estimate of drug-likeness (QED) is 0.878. The molecule has 0 saturated heterocycles. The van der Waals surface area contributed by atoms with Gasteiger partial charge in [0.15, 0.2) is 0 Å². The number of nitrogens with zero attached hydrogens (tertiary/aromatic N) is 2. The van der Waals surface area contributed by atoms with E-state index in [1.54, 1.807) is 0 Å². The monoisotopic (exact) mass is 277 g/mol. The Balaban J connectivity index is 2.21. The first kappa shape index (κ1) is 14.3. The molecule has 2 aromatic rings. The fourth-order valence-electron chi connectivity index (χ4n) is 2.39. The van der Waals surface area contributed by atoms with Crippen molar-refractivity contribution in [3.8, 4) is 0 Å². The van der Waals surface area contributed by atoms with Gasteiger partial charge in [0, 0.05) is 30.1 Å². The average molecular weight is 277 g/mol. The molecule has 0 amide bonds. The molecule has 104 valence electrons. The second-order valence-corrected chi connectivity index (χ2v) is 5.83. The van der Waals surface area contributed by atoms with Crippen LogP contribution in [-0.2, 0) is 19.9 Å². The number of aryl methyl sites for hydroxylation is 3. The van der Waals surface area contributed by atoms with E-state index in [4.69, 9.17) is 0 Å². The summed E-state index contributed by atoms with van der Waals surface area (Å²) < 4.78 is 2.02. The molecule has 4 heteroatoms. The number of rotatable bonds is 6. The van der Waals surface area contributed by atoms with E-state index < -0.39 is 0 Å². The van der Waals surface area contributed by atoms with Crippen molar-refractivity contribution in [2.45, 2.75) is 39.7 Å². The number of aromatic nitrogens is 2. The highest BCUT2D eigenvalue weighted by Gasteiger charge is 2.17. The van der Waals surface area contributed by atoms with Crippen molar-refractivity contribution in [3.05, 3.63) is 39.3 Å². The van der Waals surface area contributed by atoms with Gasteiger partial charge in [0.1, 0.15) is 0 Å². The van der Waals surface area contributed by atoms with E-state index in [9.17, 15) is 0 Å². The zero-order valence-electron chi connectivity index (χ0n) is 12.2. The maximum absolute atomic E-state index is 4.54. The van der Waals surface area contributed by atoms with Crippen molar-refractivity contribution < 1.29 is 0 Å². The van der Waals surface area contributed by atoms with Crippen LogP contribution in [0.3, 0.4) is 0 Å². The van der Waals surface area contributed by atoms with Crippen molar-refractivity contribution in [1.29, 1.82) is 0 Å². The molecule has 0 bridgehead atoms. The van der Waals surface area contributed by atoms with Crippen LogP contribution in [0.5, 0.6) is 0 Å². The summed E-state index contributed by atoms with van der Waals surface area (Å²) in [6.45, 7) is 7.49. The predicted molar refractivity (Wildman–Crippen MR) is 81.8 cm³/mol. The zero-order chi connectivity index (χ0) is 13.8. The van der Waals surface area contributed by atoms with E-state index >= 15 is 0 Å². The summed E-state index contributed by atoms with van der Waals surface area (Å²) in [5, 5.41) is 10.3. The van der Waals surface area contributed by atoms with Gasteiger partial charge in [0.05, 0.1) is 5.69 Å². The second-order valence-electron chi connectivity index (χ2n) is 4.89. The minimum atomic E-state index is 0.394. The summed E-state index contributed by atoms with van der Waals surface area (Å²) in [6.07, 6.45) is 2.00. The lowest BCUT2D eigenvalue weighted by Gasteiger charge is -2.17. The van der Waals surface area contributed by atoms with Crippen molar-refractivity contribution in [3.63, 3.8) is 0 Å². The molecule has 2 aromatic heterocycles. The van der Waals surface area contributed by atoms with Crippen LogP contribution in [-0.4, -0.2) is 16.3 Å². The molecule has 2 rings (SSSR count). The minimum Gasteiger partial charge on any atom is -0.309 e. The van der Waals surface area contributed by atoms with Gasteiger partial charge >= 0.3 is 0 Å². The minimum absolute atomic E-state index is 0.394.